The third kappa shape index (κ3) is 5.89. The molecular formula is C16H33N3O4S. The molecule has 1 aliphatic rings. The lowest BCUT2D eigenvalue weighted by atomic mass is 9.99. The fraction of sp³-hybridized carbons (Fsp3) is 0.938. The Labute approximate surface area is 147 Å². The van der Waals surface area contributed by atoms with Gasteiger partial charge in [0.15, 0.2) is 0 Å². The smallest absolute Gasteiger partial charge is 0.410 e. The maximum Gasteiger partial charge on any atom is 0.410 e. The molecule has 1 aliphatic heterocycles. The molecule has 1 saturated heterocycles. The summed E-state index contributed by atoms with van der Waals surface area (Å²) in [4.78, 5) is 13.6. The molecule has 1 fully saturated rings. The SMILES string of the molecule is CCN(CC)S(=O)(=O)N1CCCC(CN(C)C(=O)OC(C)(C)C)C1. The maximum atomic E-state index is 12.6. The Hall–Kier alpha value is -0.860. The molecule has 1 atom stereocenters. The minimum Gasteiger partial charge on any atom is -0.444 e. The van der Waals surface area contributed by atoms with Crippen LogP contribution in [-0.2, 0) is 14.9 Å². The molecule has 0 aromatic rings. The number of rotatable bonds is 6. The highest BCUT2D eigenvalue weighted by molar-refractivity contribution is 7.86. The summed E-state index contributed by atoms with van der Waals surface area (Å²) in [5, 5.41) is 0. The maximum absolute atomic E-state index is 12.6. The molecule has 142 valence electrons. The summed E-state index contributed by atoms with van der Waals surface area (Å²) in [5.41, 5.74) is -0.532. The molecule has 7 nitrogen and oxygen atoms in total. The molecule has 0 aromatic carbocycles. The first-order chi connectivity index (χ1) is 11.0. The van der Waals surface area contributed by atoms with Gasteiger partial charge in [-0.1, -0.05) is 13.8 Å². The highest BCUT2D eigenvalue weighted by Crippen LogP contribution is 2.22. The quantitative estimate of drug-likeness (QED) is 0.725. The minimum absolute atomic E-state index is 0.126. The first-order valence-electron chi connectivity index (χ1n) is 8.70. The zero-order valence-corrected chi connectivity index (χ0v) is 16.7. The van der Waals surface area contributed by atoms with Crippen LogP contribution in [0, 0.1) is 5.92 Å². The van der Waals surface area contributed by atoms with Gasteiger partial charge in [-0.3, -0.25) is 0 Å². The molecular weight excluding hydrogens is 330 g/mol. The summed E-state index contributed by atoms with van der Waals surface area (Å²) in [7, 11) is -1.71. The summed E-state index contributed by atoms with van der Waals surface area (Å²) < 4.78 is 33.7. The predicted molar refractivity (Wildman–Crippen MR) is 95.0 cm³/mol. The van der Waals surface area contributed by atoms with Gasteiger partial charge in [-0.25, -0.2) is 4.79 Å². The third-order valence-corrected chi connectivity index (χ3v) is 6.23. The van der Waals surface area contributed by atoms with Crippen molar-refractivity contribution in [3.63, 3.8) is 0 Å². The van der Waals surface area contributed by atoms with Gasteiger partial charge in [0.1, 0.15) is 5.60 Å². The summed E-state index contributed by atoms with van der Waals surface area (Å²) in [6.45, 7) is 11.6. The number of amides is 1. The van der Waals surface area contributed by atoms with Crippen molar-refractivity contribution in [1.29, 1.82) is 0 Å². The van der Waals surface area contributed by atoms with Crippen LogP contribution in [0.25, 0.3) is 0 Å². The largest absolute Gasteiger partial charge is 0.444 e. The molecule has 0 bridgehead atoms. The van der Waals surface area contributed by atoms with E-state index in [9.17, 15) is 13.2 Å². The Morgan fingerprint density at radius 2 is 1.83 bits per heavy atom. The van der Waals surface area contributed by atoms with Crippen molar-refractivity contribution < 1.29 is 17.9 Å². The number of carbonyl (C=O) groups excluding carboxylic acids is 1. The zero-order chi connectivity index (χ0) is 18.5. The van der Waals surface area contributed by atoms with Crippen molar-refractivity contribution in [2.75, 3.05) is 39.8 Å². The van der Waals surface area contributed by atoms with Crippen LogP contribution in [0.5, 0.6) is 0 Å². The molecule has 0 aliphatic carbocycles. The third-order valence-electron chi connectivity index (χ3n) is 4.08. The van der Waals surface area contributed by atoms with Gasteiger partial charge >= 0.3 is 6.09 Å². The second kappa shape index (κ2) is 8.49. The summed E-state index contributed by atoms with van der Waals surface area (Å²) in [6.07, 6.45) is 1.36. The van der Waals surface area contributed by atoms with E-state index in [2.05, 4.69) is 0 Å². The van der Waals surface area contributed by atoms with E-state index in [1.165, 1.54) is 4.31 Å². The summed E-state index contributed by atoms with van der Waals surface area (Å²) in [6, 6.07) is 0. The van der Waals surface area contributed by atoms with Gasteiger partial charge in [-0.05, 0) is 39.5 Å². The van der Waals surface area contributed by atoms with E-state index in [1.54, 1.807) is 16.3 Å². The van der Waals surface area contributed by atoms with Crippen LogP contribution in [0.15, 0.2) is 0 Å². The second-order valence-electron chi connectivity index (χ2n) is 7.32. The van der Waals surface area contributed by atoms with Gasteiger partial charge in [0.05, 0.1) is 0 Å². The lowest BCUT2D eigenvalue weighted by Crippen LogP contribution is -2.49. The topological polar surface area (TPSA) is 70.2 Å². The predicted octanol–water partition coefficient (Wildman–Crippen LogP) is 2.15. The number of hydrogen-bond acceptors (Lipinski definition) is 4. The highest BCUT2D eigenvalue weighted by Gasteiger charge is 2.33. The Balaban J connectivity index is 2.68. The van der Waals surface area contributed by atoms with Crippen molar-refractivity contribution >= 4 is 16.3 Å². The van der Waals surface area contributed by atoms with Crippen molar-refractivity contribution in [2.45, 2.75) is 53.1 Å². The van der Waals surface area contributed by atoms with E-state index in [1.807, 2.05) is 34.6 Å². The highest BCUT2D eigenvalue weighted by atomic mass is 32.2. The van der Waals surface area contributed by atoms with Crippen LogP contribution in [0.2, 0.25) is 0 Å². The van der Waals surface area contributed by atoms with Gasteiger partial charge in [0, 0.05) is 39.8 Å². The van der Waals surface area contributed by atoms with Crippen LogP contribution in [0.3, 0.4) is 0 Å². The molecule has 24 heavy (non-hydrogen) atoms. The normalized spacial score (nSPS) is 20.2. The minimum atomic E-state index is -3.41. The standard InChI is InChI=1S/C16H33N3O4S/c1-7-18(8-2)24(21,22)19-11-9-10-14(13-19)12-17(6)15(20)23-16(3,4)5/h14H,7-13H2,1-6H3. The average molecular weight is 364 g/mol. The van der Waals surface area contributed by atoms with Crippen LogP contribution in [0.4, 0.5) is 4.79 Å². The number of piperidine rings is 1. The fourth-order valence-electron chi connectivity index (χ4n) is 2.90. The molecule has 0 spiro atoms. The number of hydrogen-bond donors (Lipinski definition) is 0. The molecule has 0 N–H and O–H groups in total. The van der Waals surface area contributed by atoms with E-state index < -0.39 is 15.8 Å². The van der Waals surface area contributed by atoms with Crippen LogP contribution < -0.4 is 0 Å². The lowest BCUT2D eigenvalue weighted by molar-refractivity contribution is 0.0257. The summed E-state index contributed by atoms with van der Waals surface area (Å²) in [5.74, 6) is 0.126. The lowest BCUT2D eigenvalue weighted by Gasteiger charge is -2.36. The Morgan fingerprint density at radius 1 is 1.25 bits per heavy atom. The van der Waals surface area contributed by atoms with Crippen molar-refractivity contribution in [2.24, 2.45) is 5.92 Å². The van der Waals surface area contributed by atoms with E-state index in [-0.39, 0.29) is 12.0 Å². The molecule has 0 aromatic heterocycles. The molecule has 8 heteroatoms. The molecule has 1 unspecified atom stereocenters. The average Bonchev–Trinajstić information content (AvgIpc) is 2.46. The van der Waals surface area contributed by atoms with Crippen LogP contribution in [0.1, 0.15) is 47.5 Å². The number of carbonyl (C=O) groups is 1. The molecule has 1 rings (SSSR count). The molecule has 1 amide bonds. The molecule has 0 radical (unpaired) electrons. The second-order valence-corrected chi connectivity index (χ2v) is 9.25. The van der Waals surface area contributed by atoms with Crippen molar-refractivity contribution in [3.8, 4) is 0 Å². The number of nitrogens with zero attached hydrogens (tertiary/aromatic N) is 3. The van der Waals surface area contributed by atoms with Gasteiger partial charge in [0.25, 0.3) is 10.2 Å². The fourth-order valence-corrected chi connectivity index (χ4v) is 4.64. The molecule has 1 heterocycles. The zero-order valence-electron chi connectivity index (χ0n) is 15.9. The van der Waals surface area contributed by atoms with Crippen LogP contribution >= 0.6 is 0 Å². The van der Waals surface area contributed by atoms with E-state index in [0.717, 1.165) is 12.8 Å². The van der Waals surface area contributed by atoms with Crippen molar-refractivity contribution in [1.82, 2.24) is 13.5 Å². The molecule has 0 saturated carbocycles. The first kappa shape index (κ1) is 21.2. The first-order valence-corrected chi connectivity index (χ1v) is 10.1. The number of ether oxygens (including phenoxy) is 1. The Kier molecular flexibility index (Phi) is 7.49. The van der Waals surface area contributed by atoms with Crippen molar-refractivity contribution in [3.05, 3.63) is 0 Å². The van der Waals surface area contributed by atoms with Gasteiger partial charge in [-0.2, -0.15) is 17.0 Å². The van der Waals surface area contributed by atoms with Crippen LogP contribution in [-0.4, -0.2) is 73.4 Å². The monoisotopic (exact) mass is 363 g/mol. The Morgan fingerprint density at radius 3 is 2.33 bits per heavy atom. The van der Waals surface area contributed by atoms with Gasteiger partial charge in [0.2, 0.25) is 0 Å². The van der Waals surface area contributed by atoms with E-state index >= 15 is 0 Å². The Bertz CT molecular complexity index is 512. The van der Waals surface area contributed by atoms with Gasteiger partial charge < -0.3 is 9.64 Å². The van der Waals surface area contributed by atoms with E-state index in [4.69, 9.17) is 4.74 Å². The summed E-state index contributed by atoms with van der Waals surface area (Å²) >= 11 is 0. The van der Waals surface area contributed by atoms with E-state index in [0.29, 0.717) is 32.7 Å². The van der Waals surface area contributed by atoms with Gasteiger partial charge in [-0.15, -0.1) is 0 Å².